The van der Waals surface area contributed by atoms with Gasteiger partial charge in [0.05, 0.1) is 5.75 Å². The molecule has 0 aliphatic rings. The molecule has 0 atom stereocenters. The highest BCUT2D eigenvalue weighted by molar-refractivity contribution is 7.99. The second-order valence-corrected chi connectivity index (χ2v) is 6.29. The van der Waals surface area contributed by atoms with Gasteiger partial charge in [-0.15, -0.1) is 11.8 Å². The first-order valence-electron chi connectivity index (χ1n) is 6.62. The Kier molecular flexibility index (Phi) is 8.07. The Bertz CT molecular complexity index is 483. The average Bonchev–Trinajstić information content (AvgIpc) is 2.43. The molecular weight excluding hydrogens is 309 g/mol. The van der Waals surface area contributed by atoms with Crippen LogP contribution < -0.4 is 16.2 Å². The second kappa shape index (κ2) is 9.57. The largest absolute Gasteiger partial charge is 0.361 e. The maximum absolute atomic E-state index is 13.0. The standard InChI is InChI=1S/C14H20FN3OS2/c1-10(2)7-16-14(20)18-17-13(19)9-21-8-11-4-3-5-12(15)6-11/h3-6,10H,7-9H2,1-2H3,(H,17,19)(H2,16,18,20). The fourth-order valence-electron chi connectivity index (χ4n) is 1.39. The van der Waals surface area contributed by atoms with Crippen molar-refractivity contribution in [3.05, 3.63) is 35.6 Å². The van der Waals surface area contributed by atoms with Crippen molar-refractivity contribution in [1.29, 1.82) is 0 Å². The number of carbonyl (C=O) groups is 1. The highest BCUT2D eigenvalue weighted by atomic mass is 32.2. The summed E-state index contributed by atoms with van der Waals surface area (Å²) in [6.45, 7) is 4.88. The lowest BCUT2D eigenvalue weighted by Crippen LogP contribution is -2.48. The molecule has 0 aromatic heterocycles. The zero-order chi connectivity index (χ0) is 15.7. The average molecular weight is 329 g/mol. The van der Waals surface area contributed by atoms with E-state index in [1.54, 1.807) is 6.07 Å². The third kappa shape index (κ3) is 8.52. The first kappa shape index (κ1) is 17.7. The molecule has 0 spiro atoms. The molecule has 4 nitrogen and oxygen atoms in total. The molecule has 116 valence electrons. The van der Waals surface area contributed by atoms with Crippen LogP contribution in [0.1, 0.15) is 19.4 Å². The van der Waals surface area contributed by atoms with Crippen LogP contribution in [0.2, 0.25) is 0 Å². The van der Waals surface area contributed by atoms with Crippen LogP contribution in [0, 0.1) is 11.7 Å². The summed E-state index contributed by atoms with van der Waals surface area (Å²) in [5.41, 5.74) is 6.02. The van der Waals surface area contributed by atoms with Crippen LogP contribution in [-0.2, 0) is 10.5 Å². The summed E-state index contributed by atoms with van der Waals surface area (Å²) in [6.07, 6.45) is 0. The highest BCUT2D eigenvalue weighted by Crippen LogP contribution is 2.12. The molecule has 0 heterocycles. The summed E-state index contributed by atoms with van der Waals surface area (Å²) in [6, 6.07) is 6.35. The molecule has 0 aliphatic heterocycles. The van der Waals surface area contributed by atoms with Crippen LogP contribution in [0.15, 0.2) is 24.3 Å². The first-order valence-corrected chi connectivity index (χ1v) is 8.18. The minimum absolute atomic E-state index is 0.176. The van der Waals surface area contributed by atoms with E-state index >= 15 is 0 Å². The lowest BCUT2D eigenvalue weighted by molar-refractivity contribution is -0.119. The SMILES string of the molecule is CC(C)CNC(=S)NNC(=O)CSCc1cccc(F)c1. The Morgan fingerprint density at radius 3 is 2.81 bits per heavy atom. The van der Waals surface area contributed by atoms with Crippen LogP contribution in [0.3, 0.4) is 0 Å². The summed E-state index contributed by atoms with van der Waals surface area (Å²) in [5.74, 6) is 0.894. The van der Waals surface area contributed by atoms with Gasteiger partial charge in [0, 0.05) is 12.3 Å². The predicted molar refractivity (Wildman–Crippen MR) is 89.3 cm³/mol. The predicted octanol–water partition coefficient (Wildman–Crippen LogP) is 2.21. The van der Waals surface area contributed by atoms with E-state index in [1.807, 2.05) is 6.07 Å². The number of halogens is 1. The number of hydrogen-bond donors (Lipinski definition) is 3. The molecule has 0 radical (unpaired) electrons. The molecule has 1 rings (SSSR count). The summed E-state index contributed by atoms with van der Waals surface area (Å²) in [4.78, 5) is 11.6. The normalized spacial score (nSPS) is 10.3. The molecule has 0 bridgehead atoms. The molecule has 3 N–H and O–H groups in total. The molecular formula is C14H20FN3OS2. The van der Waals surface area contributed by atoms with Crippen molar-refractivity contribution in [3.8, 4) is 0 Å². The Balaban J connectivity index is 2.15. The molecule has 7 heteroatoms. The van der Waals surface area contributed by atoms with Crippen molar-refractivity contribution in [2.75, 3.05) is 12.3 Å². The fourth-order valence-corrected chi connectivity index (χ4v) is 2.30. The number of rotatable bonds is 6. The van der Waals surface area contributed by atoms with Crippen molar-refractivity contribution in [3.63, 3.8) is 0 Å². The highest BCUT2D eigenvalue weighted by Gasteiger charge is 2.03. The molecule has 1 aromatic rings. The van der Waals surface area contributed by atoms with Gasteiger partial charge in [-0.1, -0.05) is 26.0 Å². The van der Waals surface area contributed by atoms with Gasteiger partial charge < -0.3 is 5.32 Å². The van der Waals surface area contributed by atoms with Crippen molar-refractivity contribution >= 4 is 35.0 Å². The van der Waals surface area contributed by atoms with Gasteiger partial charge in [0.15, 0.2) is 5.11 Å². The van der Waals surface area contributed by atoms with Gasteiger partial charge in [0.2, 0.25) is 5.91 Å². The van der Waals surface area contributed by atoms with Gasteiger partial charge >= 0.3 is 0 Å². The van der Waals surface area contributed by atoms with Gasteiger partial charge in [-0.2, -0.15) is 0 Å². The first-order chi connectivity index (χ1) is 9.97. The second-order valence-electron chi connectivity index (χ2n) is 4.90. The molecule has 0 saturated carbocycles. The number of thiocarbonyl (C=S) groups is 1. The van der Waals surface area contributed by atoms with Gasteiger partial charge in [-0.3, -0.25) is 15.6 Å². The van der Waals surface area contributed by atoms with Gasteiger partial charge in [0.1, 0.15) is 5.82 Å². The number of carbonyl (C=O) groups excluding carboxylic acids is 1. The van der Waals surface area contributed by atoms with Crippen molar-refractivity contribution in [2.24, 2.45) is 5.92 Å². The number of nitrogens with one attached hydrogen (secondary N) is 3. The zero-order valence-electron chi connectivity index (χ0n) is 12.1. The fraction of sp³-hybridized carbons (Fsp3) is 0.429. The quantitative estimate of drug-likeness (QED) is 0.552. The van der Waals surface area contributed by atoms with Crippen LogP contribution in [0.5, 0.6) is 0 Å². The number of hydrogen-bond acceptors (Lipinski definition) is 3. The molecule has 1 aromatic carbocycles. The number of amides is 1. The van der Waals surface area contributed by atoms with E-state index in [-0.39, 0.29) is 17.5 Å². The maximum atomic E-state index is 13.0. The third-order valence-electron chi connectivity index (χ3n) is 2.38. The maximum Gasteiger partial charge on any atom is 0.248 e. The third-order valence-corrected chi connectivity index (χ3v) is 3.63. The topological polar surface area (TPSA) is 53.2 Å². The van der Waals surface area contributed by atoms with Crippen molar-refractivity contribution in [2.45, 2.75) is 19.6 Å². The molecule has 1 amide bonds. The van der Waals surface area contributed by atoms with Crippen LogP contribution in [0.4, 0.5) is 4.39 Å². The lowest BCUT2D eigenvalue weighted by Gasteiger charge is -2.12. The minimum Gasteiger partial charge on any atom is -0.361 e. The van der Waals surface area contributed by atoms with E-state index in [2.05, 4.69) is 30.0 Å². The van der Waals surface area contributed by atoms with Crippen LogP contribution >= 0.6 is 24.0 Å². The monoisotopic (exact) mass is 329 g/mol. The van der Waals surface area contributed by atoms with E-state index in [1.165, 1.54) is 23.9 Å². The Morgan fingerprint density at radius 1 is 1.38 bits per heavy atom. The summed E-state index contributed by atoms with van der Waals surface area (Å²) < 4.78 is 13.0. The number of thioether (sulfide) groups is 1. The van der Waals surface area contributed by atoms with Gasteiger partial charge in [-0.25, -0.2) is 4.39 Å². The Morgan fingerprint density at radius 2 is 2.14 bits per heavy atom. The number of benzene rings is 1. The van der Waals surface area contributed by atoms with Crippen LogP contribution in [0.25, 0.3) is 0 Å². The van der Waals surface area contributed by atoms with Gasteiger partial charge in [0.25, 0.3) is 0 Å². The Hall–Kier alpha value is -1.34. The van der Waals surface area contributed by atoms with Crippen molar-refractivity contribution in [1.82, 2.24) is 16.2 Å². The van der Waals surface area contributed by atoms with Crippen LogP contribution in [-0.4, -0.2) is 23.3 Å². The molecule has 0 aliphatic carbocycles. The van der Waals surface area contributed by atoms with Gasteiger partial charge in [-0.05, 0) is 35.8 Å². The number of hydrazine groups is 1. The van der Waals surface area contributed by atoms with E-state index in [0.717, 1.165) is 12.1 Å². The molecule has 0 unspecified atom stereocenters. The van der Waals surface area contributed by atoms with Crippen molar-refractivity contribution < 1.29 is 9.18 Å². The van der Waals surface area contributed by atoms with E-state index in [9.17, 15) is 9.18 Å². The zero-order valence-corrected chi connectivity index (χ0v) is 13.7. The summed E-state index contributed by atoms with van der Waals surface area (Å²) >= 11 is 6.42. The van der Waals surface area contributed by atoms with E-state index in [0.29, 0.717) is 16.8 Å². The Labute approximate surface area is 134 Å². The lowest BCUT2D eigenvalue weighted by atomic mass is 10.2. The molecule has 0 fully saturated rings. The minimum atomic E-state index is -0.263. The summed E-state index contributed by atoms with van der Waals surface area (Å²) in [5, 5.41) is 3.38. The molecule has 21 heavy (non-hydrogen) atoms. The smallest absolute Gasteiger partial charge is 0.248 e. The van der Waals surface area contributed by atoms with E-state index in [4.69, 9.17) is 12.2 Å². The summed E-state index contributed by atoms with van der Waals surface area (Å²) in [7, 11) is 0. The van der Waals surface area contributed by atoms with E-state index < -0.39 is 0 Å². The molecule has 0 saturated heterocycles.